The number of Topliss-reactive ketones (excluding diaryl/α,β-unsaturated/α-hetero) is 1. The highest BCUT2D eigenvalue weighted by atomic mass is 35.5. The van der Waals surface area contributed by atoms with Crippen LogP contribution in [0, 0.1) is 5.92 Å². The Morgan fingerprint density at radius 1 is 0.892 bits per heavy atom. The topological polar surface area (TPSA) is 96.9 Å². The monoisotopic (exact) mass is 597 g/mol. The molecule has 2 atom stereocenters. The van der Waals surface area contributed by atoms with Crippen molar-refractivity contribution in [1.29, 1.82) is 0 Å². The van der Waals surface area contributed by atoms with Crippen molar-refractivity contribution in [3.05, 3.63) is 96.4 Å². The Hall–Kier alpha value is -2.81. The van der Waals surface area contributed by atoms with Gasteiger partial charge in [0.1, 0.15) is 17.7 Å². The van der Waals surface area contributed by atoms with Crippen molar-refractivity contribution in [3.63, 3.8) is 0 Å². The Bertz CT molecular complexity index is 1460. The number of amides is 1. The third-order valence-corrected chi connectivity index (χ3v) is 7.30. The fourth-order valence-corrected chi connectivity index (χ4v) is 4.73. The summed E-state index contributed by atoms with van der Waals surface area (Å²) in [6, 6.07) is 13.6. The van der Waals surface area contributed by atoms with E-state index in [0.29, 0.717) is 5.56 Å². The zero-order chi connectivity index (χ0) is 26.9. The van der Waals surface area contributed by atoms with Crippen LogP contribution in [0.15, 0.2) is 59.7 Å². The third-order valence-electron chi connectivity index (χ3n) is 5.53. The first-order valence-corrected chi connectivity index (χ1v) is 12.5. The number of ether oxygens (including phenoxy) is 1. The van der Waals surface area contributed by atoms with Gasteiger partial charge in [-0.05, 0) is 36.4 Å². The standard InChI is InChI=1S/C25H16Cl5N3O4/c1-31-33-21(24(35)32-19-10-17(29)16(28)9-18(19)30)20(22(34)11-6-7-14(26)15(27)8-11)23-12-4-2-3-5-13(12)25(36)37-23/h2-10,20,23,31H,1H3,(H,32,35)/b33-21-/t20-,23+/m0/s1. The number of ketones is 1. The van der Waals surface area contributed by atoms with E-state index in [2.05, 4.69) is 15.8 Å². The van der Waals surface area contributed by atoms with Crippen molar-refractivity contribution in [2.45, 2.75) is 6.10 Å². The van der Waals surface area contributed by atoms with Gasteiger partial charge in [-0.1, -0.05) is 76.2 Å². The summed E-state index contributed by atoms with van der Waals surface area (Å²) in [4.78, 5) is 40.1. The maximum absolute atomic E-state index is 13.9. The summed E-state index contributed by atoms with van der Waals surface area (Å²) in [6.07, 6.45) is -1.16. The predicted molar refractivity (Wildman–Crippen MR) is 145 cm³/mol. The SMILES string of the molecule is CN/N=C(\C(=O)Nc1cc(Cl)c(Cl)cc1Cl)[C@@H](C(=O)c1ccc(Cl)c(Cl)c1)[C@@H]1OC(=O)c2ccccc21. The molecule has 0 fully saturated rings. The molecule has 0 saturated carbocycles. The number of nitrogens with one attached hydrogen (secondary N) is 2. The summed E-state index contributed by atoms with van der Waals surface area (Å²) in [5.41, 5.74) is 3.22. The Labute approximate surface area is 236 Å². The lowest BCUT2D eigenvalue weighted by atomic mass is 9.84. The molecule has 7 nitrogen and oxygen atoms in total. The number of hydrogen-bond donors (Lipinski definition) is 2. The number of cyclic esters (lactones) is 1. The van der Waals surface area contributed by atoms with Crippen LogP contribution in [-0.2, 0) is 9.53 Å². The van der Waals surface area contributed by atoms with Gasteiger partial charge in [-0.2, -0.15) is 5.10 Å². The highest BCUT2D eigenvalue weighted by molar-refractivity contribution is 6.49. The Morgan fingerprint density at radius 3 is 2.27 bits per heavy atom. The zero-order valence-corrected chi connectivity index (χ0v) is 22.6. The first-order chi connectivity index (χ1) is 17.6. The van der Waals surface area contributed by atoms with Crippen LogP contribution < -0.4 is 10.7 Å². The number of hydrazone groups is 1. The number of fused-ring (bicyclic) bond motifs is 1. The predicted octanol–water partition coefficient (Wildman–Crippen LogP) is 6.88. The number of rotatable bonds is 7. The number of hydrogen-bond acceptors (Lipinski definition) is 6. The number of esters is 1. The molecule has 1 amide bonds. The van der Waals surface area contributed by atoms with Crippen LogP contribution in [-0.4, -0.2) is 30.4 Å². The number of benzene rings is 3. The van der Waals surface area contributed by atoms with Crippen molar-refractivity contribution >= 4 is 87.1 Å². The average molecular weight is 600 g/mol. The van der Waals surface area contributed by atoms with Gasteiger partial charge in [0.05, 0.1) is 36.4 Å². The van der Waals surface area contributed by atoms with Crippen LogP contribution in [0.1, 0.15) is 32.4 Å². The average Bonchev–Trinajstić information content (AvgIpc) is 3.20. The van der Waals surface area contributed by atoms with Crippen LogP contribution >= 0.6 is 58.0 Å². The maximum Gasteiger partial charge on any atom is 0.339 e. The van der Waals surface area contributed by atoms with Crippen molar-refractivity contribution in [1.82, 2.24) is 5.43 Å². The number of carbonyl (C=O) groups is 3. The second-order valence-electron chi connectivity index (χ2n) is 7.80. The molecule has 0 aliphatic carbocycles. The quantitative estimate of drug-likeness (QED) is 0.102. The van der Waals surface area contributed by atoms with E-state index in [-0.39, 0.29) is 47.6 Å². The second kappa shape index (κ2) is 11.3. The molecule has 3 aromatic rings. The van der Waals surface area contributed by atoms with E-state index < -0.39 is 29.7 Å². The maximum atomic E-state index is 13.9. The molecular formula is C25H16Cl5N3O4. The Morgan fingerprint density at radius 2 is 1.57 bits per heavy atom. The number of nitrogens with zero attached hydrogens (tertiary/aromatic N) is 1. The van der Waals surface area contributed by atoms with Gasteiger partial charge in [-0.3, -0.25) is 9.59 Å². The molecule has 1 heterocycles. The van der Waals surface area contributed by atoms with E-state index in [9.17, 15) is 14.4 Å². The molecule has 3 aromatic carbocycles. The van der Waals surface area contributed by atoms with Crippen LogP contribution in [0.4, 0.5) is 5.69 Å². The molecule has 0 saturated heterocycles. The van der Waals surface area contributed by atoms with E-state index in [0.717, 1.165) is 0 Å². The highest BCUT2D eigenvalue weighted by Gasteiger charge is 2.45. The molecule has 4 rings (SSSR count). The van der Waals surface area contributed by atoms with Crippen molar-refractivity contribution < 1.29 is 19.1 Å². The molecule has 0 radical (unpaired) electrons. The molecule has 190 valence electrons. The van der Waals surface area contributed by atoms with Gasteiger partial charge < -0.3 is 15.5 Å². The third kappa shape index (κ3) is 5.56. The van der Waals surface area contributed by atoms with E-state index in [1.807, 2.05) is 0 Å². The fraction of sp³-hybridized carbons (Fsp3) is 0.120. The minimum Gasteiger partial charge on any atom is -0.453 e. The summed E-state index contributed by atoms with van der Waals surface area (Å²) in [5, 5.41) is 7.53. The van der Waals surface area contributed by atoms with Gasteiger partial charge in [-0.25, -0.2) is 4.79 Å². The van der Waals surface area contributed by atoms with E-state index in [1.54, 1.807) is 24.3 Å². The Balaban J connectivity index is 1.82. The summed E-state index contributed by atoms with van der Waals surface area (Å²) < 4.78 is 5.60. The molecule has 1 aliphatic heterocycles. The van der Waals surface area contributed by atoms with Gasteiger partial charge >= 0.3 is 5.97 Å². The number of anilines is 1. The molecule has 0 unspecified atom stereocenters. The largest absolute Gasteiger partial charge is 0.453 e. The molecule has 0 bridgehead atoms. The molecule has 1 aliphatic rings. The molecule has 0 spiro atoms. The summed E-state index contributed by atoms with van der Waals surface area (Å²) in [6.45, 7) is 0. The van der Waals surface area contributed by atoms with Crippen LogP contribution in [0.3, 0.4) is 0 Å². The summed E-state index contributed by atoms with van der Waals surface area (Å²) in [5.74, 6) is -3.39. The second-order valence-corrected chi connectivity index (χ2v) is 9.84. The minimum absolute atomic E-state index is 0.108. The lowest BCUT2D eigenvalue weighted by Crippen LogP contribution is -2.39. The first-order valence-electron chi connectivity index (χ1n) is 10.6. The Kier molecular flexibility index (Phi) is 8.31. The van der Waals surface area contributed by atoms with Crippen molar-refractivity contribution in [2.75, 3.05) is 12.4 Å². The number of halogens is 5. The van der Waals surface area contributed by atoms with Gasteiger partial charge in [0.2, 0.25) is 0 Å². The van der Waals surface area contributed by atoms with E-state index in [4.69, 9.17) is 62.7 Å². The van der Waals surface area contributed by atoms with Gasteiger partial charge in [0, 0.05) is 18.2 Å². The molecule has 0 aromatic heterocycles. The van der Waals surface area contributed by atoms with Gasteiger partial charge in [0.15, 0.2) is 5.78 Å². The van der Waals surface area contributed by atoms with E-state index in [1.165, 1.54) is 37.4 Å². The minimum atomic E-state index is -1.38. The fourth-order valence-electron chi connectivity index (χ4n) is 3.84. The summed E-state index contributed by atoms with van der Waals surface area (Å²) >= 11 is 30.5. The molecule has 37 heavy (non-hydrogen) atoms. The van der Waals surface area contributed by atoms with Crippen LogP contribution in [0.5, 0.6) is 0 Å². The molecule has 12 heteroatoms. The van der Waals surface area contributed by atoms with Crippen molar-refractivity contribution in [2.24, 2.45) is 11.0 Å². The number of carbonyl (C=O) groups excluding carboxylic acids is 3. The highest BCUT2D eigenvalue weighted by Crippen LogP contribution is 2.39. The molecular weight excluding hydrogens is 584 g/mol. The van der Waals surface area contributed by atoms with E-state index >= 15 is 0 Å². The smallest absolute Gasteiger partial charge is 0.339 e. The summed E-state index contributed by atoms with van der Waals surface area (Å²) in [7, 11) is 1.45. The van der Waals surface area contributed by atoms with Gasteiger partial charge in [0.25, 0.3) is 5.91 Å². The van der Waals surface area contributed by atoms with Crippen LogP contribution in [0.2, 0.25) is 25.1 Å². The normalized spacial score (nSPS) is 15.6. The zero-order valence-electron chi connectivity index (χ0n) is 18.8. The lowest BCUT2D eigenvalue weighted by Gasteiger charge is -2.24. The van der Waals surface area contributed by atoms with Crippen molar-refractivity contribution in [3.8, 4) is 0 Å². The molecule has 2 N–H and O–H groups in total. The van der Waals surface area contributed by atoms with Crippen LogP contribution in [0.25, 0.3) is 0 Å². The first kappa shape index (κ1) is 27.2. The lowest BCUT2D eigenvalue weighted by molar-refractivity contribution is -0.110. The van der Waals surface area contributed by atoms with Gasteiger partial charge in [-0.15, -0.1) is 0 Å².